The zero-order valence-electron chi connectivity index (χ0n) is 17.0. The number of carbonyl (C=O) groups is 1. The molecule has 0 radical (unpaired) electrons. The largest absolute Gasteiger partial charge is 0.466 e. The van der Waals surface area contributed by atoms with Crippen LogP contribution in [-0.2, 0) is 22.1 Å². The maximum absolute atomic E-state index is 13.1. The molecule has 2 aliphatic rings. The van der Waals surface area contributed by atoms with Gasteiger partial charge in [0.15, 0.2) is 0 Å². The molecule has 0 amide bonds. The van der Waals surface area contributed by atoms with Gasteiger partial charge in [0.1, 0.15) is 0 Å². The number of alkyl halides is 3. The van der Waals surface area contributed by atoms with Gasteiger partial charge < -0.3 is 9.64 Å². The topological polar surface area (TPSA) is 29.5 Å². The van der Waals surface area contributed by atoms with Crippen molar-refractivity contribution in [3.63, 3.8) is 0 Å². The number of hydrogen-bond acceptors (Lipinski definition) is 3. The summed E-state index contributed by atoms with van der Waals surface area (Å²) >= 11 is 0. The summed E-state index contributed by atoms with van der Waals surface area (Å²) in [4.78, 5) is 15.2. The summed E-state index contributed by atoms with van der Waals surface area (Å²) < 4.78 is 44.6. The molecule has 0 N–H and O–H groups in total. The summed E-state index contributed by atoms with van der Waals surface area (Å²) in [6, 6.07) is 5.34. The fourth-order valence-electron chi connectivity index (χ4n) is 4.54. The molecule has 1 aliphatic heterocycles. The maximum atomic E-state index is 13.1. The molecule has 3 rings (SSSR count). The van der Waals surface area contributed by atoms with Gasteiger partial charge >= 0.3 is 12.1 Å². The number of esters is 1. The van der Waals surface area contributed by atoms with E-state index < -0.39 is 17.2 Å². The molecule has 0 spiro atoms. The van der Waals surface area contributed by atoms with E-state index in [4.69, 9.17) is 4.74 Å². The molecule has 0 aromatic heterocycles. The van der Waals surface area contributed by atoms with Gasteiger partial charge in [0.2, 0.25) is 0 Å². The van der Waals surface area contributed by atoms with Crippen LogP contribution in [0.3, 0.4) is 0 Å². The van der Waals surface area contributed by atoms with Gasteiger partial charge in [0, 0.05) is 6.54 Å². The first kappa shape index (κ1) is 21.9. The molecule has 0 bridgehead atoms. The molecular formula is C23H30F3NO2. The van der Waals surface area contributed by atoms with Gasteiger partial charge in [-0.15, -0.1) is 0 Å². The van der Waals surface area contributed by atoms with Crippen LogP contribution in [0.4, 0.5) is 13.2 Å². The van der Waals surface area contributed by atoms with Gasteiger partial charge in [0.05, 0.1) is 17.6 Å². The Morgan fingerprint density at radius 3 is 2.62 bits per heavy atom. The van der Waals surface area contributed by atoms with E-state index >= 15 is 0 Å². The second-order valence-corrected chi connectivity index (χ2v) is 8.33. The number of likely N-dealkylation sites (tertiary alicyclic amines) is 1. The minimum absolute atomic E-state index is 0.279. The van der Waals surface area contributed by atoms with E-state index in [0.29, 0.717) is 24.3 Å². The lowest BCUT2D eigenvalue weighted by Crippen LogP contribution is -2.47. The smallest absolute Gasteiger partial charge is 0.416 e. The molecule has 3 nitrogen and oxygen atoms in total. The Morgan fingerprint density at radius 1 is 1.24 bits per heavy atom. The Hall–Kier alpha value is -1.82. The number of carbonyl (C=O) groups excluding carboxylic acids is 1. The summed E-state index contributed by atoms with van der Waals surface area (Å²) in [6.45, 7) is 4.62. The van der Waals surface area contributed by atoms with E-state index in [1.165, 1.54) is 18.6 Å². The summed E-state index contributed by atoms with van der Waals surface area (Å²) in [5.74, 6) is 0.372. The number of rotatable bonds is 6. The molecule has 1 fully saturated rings. The van der Waals surface area contributed by atoms with Gasteiger partial charge in [0.25, 0.3) is 0 Å². The first-order valence-electron chi connectivity index (χ1n) is 10.5. The van der Waals surface area contributed by atoms with Crippen molar-refractivity contribution < 1.29 is 22.7 Å². The Balaban J connectivity index is 1.71. The normalized spacial score (nSPS) is 22.4. The lowest BCUT2D eigenvalue weighted by molar-refractivity contribution is -0.158. The summed E-state index contributed by atoms with van der Waals surface area (Å²) in [7, 11) is 0. The molecule has 1 atom stereocenters. The van der Waals surface area contributed by atoms with Crippen LogP contribution in [0.2, 0.25) is 0 Å². The van der Waals surface area contributed by atoms with Crippen LogP contribution in [0, 0.1) is 11.3 Å². The zero-order valence-corrected chi connectivity index (χ0v) is 17.0. The Kier molecular flexibility index (Phi) is 7.04. The quantitative estimate of drug-likeness (QED) is 0.475. The lowest BCUT2D eigenvalue weighted by Gasteiger charge is -2.41. The minimum atomic E-state index is -4.38. The number of nitrogens with zero attached hydrogens (tertiary/aromatic N) is 1. The van der Waals surface area contributed by atoms with Crippen LogP contribution < -0.4 is 0 Å². The van der Waals surface area contributed by atoms with Gasteiger partial charge in [-0.2, -0.15) is 13.2 Å². The first-order valence-corrected chi connectivity index (χ1v) is 10.5. The lowest BCUT2D eigenvalue weighted by atomic mass is 9.73. The fraction of sp³-hybridized carbons (Fsp3) is 0.609. The van der Waals surface area contributed by atoms with Crippen LogP contribution in [0.25, 0.3) is 0 Å². The SMILES string of the molecule is CCOC(=O)C1(Cc2cccc(C(F)(F)F)c2)CCN(CC2CC=CCC2)CC1. The highest BCUT2D eigenvalue weighted by atomic mass is 19.4. The summed E-state index contributed by atoms with van der Waals surface area (Å²) in [5.41, 5.74) is -0.876. The van der Waals surface area contributed by atoms with Crippen LogP contribution in [-0.4, -0.2) is 37.1 Å². The van der Waals surface area contributed by atoms with Gasteiger partial charge in [-0.25, -0.2) is 0 Å². The molecule has 29 heavy (non-hydrogen) atoms. The molecule has 0 saturated carbocycles. The number of ether oxygens (including phenoxy) is 1. The average Bonchev–Trinajstić information content (AvgIpc) is 2.70. The summed E-state index contributed by atoms with van der Waals surface area (Å²) in [5, 5.41) is 0. The molecule has 160 valence electrons. The highest BCUT2D eigenvalue weighted by Gasteiger charge is 2.43. The average molecular weight is 409 g/mol. The van der Waals surface area contributed by atoms with E-state index in [1.54, 1.807) is 13.0 Å². The van der Waals surface area contributed by atoms with Gasteiger partial charge in [-0.3, -0.25) is 4.79 Å². The molecule has 1 unspecified atom stereocenters. The number of benzene rings is 1. The second kappa shape index (κ2) is 9.33. The van der Waals surface area contributed by atoms with E-state index in [2.05, 4.69) is 17.1 Å². The van der Waals surface area contributed by atoms with Gasteiger partial charge in [-0.05, 0) is 76.1 Å². The van der Waals surface area contributed by atoms with E-state index in [1.807, 2.05) is 0 Å². The van der Waals surface area contributed by atoms with Crippen LogP contribution in [0.1, 0.15) is 50.2 Å². The van der Waals surface area contributed by atoms with Crippen LogP contribution in [0.15, 0.2) is 36.4 Å². The number of hydrogen-bond donors (Lipinski definition) is 0. The van der Waals surface area contributed by atoms with Gasteiger partial charge in [-0.1, -0.05) is 30.4 Å². The summed E-state index contributed by atoms with van der Waals surface area (Å²) in [6.07, 6.45) is 5.03. The Bertz CT molecular complexity index is 721. The van der Waals surface area contributed by atoms with Crippen molar-refractivity contribution >= 4 is 5.97 Å². The van der Waals surface area contributed by atoms with Crippen molar-refractivity contribution in [1.29, 1.82) is 0 Å². The number of halogens is 3. The third kappa shape index (κ3) is 5.62. The van der Waals surface area contributed by atoms with E-state index in [-0.39, 0.29) is 19.0 Å². The van der Waals surface area contributed by atoms with Crippen molar-refractivity contribution in [3.8, 4) is 0 Å². The molecule has 1 aromatic rings. The van der Waals surface area contributed by atoms with Crippen LogP contribution >= 0.6 is 0 Å². The van der Waals surface area contributed by atoms with Crippen molar-refractivity contribution in [2.24, 2.45) is 11.3 Å². The molecule has 6 heteroatoms. The molecule has 1 heterocycles. The van der Waals surface area contributed by atoms with Crippen molar-refractivity contribution in [3.05, 3.63) is 47.5 Å². The maximum Gasteiger partial charge on any atom is 0.416 e. The number of piperidine rings is 1. The number of allylic oxidation sites excluding steroid dienone is 2. The standard InChI is InChI=1S/C23H30F3NO2/c1-2-29-21(28)22(16-19-9-6-10-20(15-19)23(24,25)26)11-13-27(14-12-22)17-18-7-4-3-5-8-18/h3-4,6,9-10,15,18H,2,5,7-8,11-14,16-17H2,1H3. The van der Waals surface area contributed by atoms with Crippen molar-refractivity contribution in [2.45, 2.75) is 51.6 Å². The molecular weight excluding hydrogens is 379 g/mol. The minimum Gasteiger partial charge on any atom is -0.466 e. The third-order valence-corrected chi connectivity index (χ3v) is 6.21. The highest BCUT2D eigenvalue weighted by molar-refractivity contribution is 5.77. The third-order valence-electron chi connectivity index (χ3n) is 6.21. The van der Waals surface area contributed by atoms with Crippen LogP contribution in [0.5, 0.6) is 0 Å². The fourth-order valence-corrected chi connectivity index (χ4v) is 4.54. The molecule has 1 aliphatic carbocycles. The predicted molar refractivity (Wildman–Crippen MR) is 106 cm³/mol. The Morgan fingerprint density at radius 2 is 2.00 bits per heavy atom. The monoisotopic (exact) mass is 409 g/mol. The van der Waals surface area contributed by atoms with Crippen molar-refractivity contribution in [1.82, 2.24) is 4.90 Å². The zero-order chi connectivity index (χ0) is 20.9. The van der Waals surface area contributed by atoms with Crippen molar-refractivity contribution in [2.75, 3.05) is 26.2 Å². The second-order valence-electron chi connectivity index (χ2n) is 8.33. The highest BCUT2D eigenvalue weighted by Crippen LogP contribution is 2.38. The molecule has 1 saturated heterocycles. The van der Waals surface area contributed by atoms with E-state index in [0.717, 1.165) is 38.5 Å². The Labute approximate surface area is 170 Å². The van der Waals surface area contributed by atoms with E-state index in [9.17, 15) is 18.0 Å². The first-order chi connectivity index (χ1) is 13.8. The predicted octanol–water partition coefficient (Wildman–Crippen LogP) is 5.25. The molecule has 1 aromatic carbocycles.